The second-order valence-corrected chi connectivity index (χ2v) is 10.6. The first-order chi connectivity index (χ1) is 17.9. The van der Waals surface area contributed by atoms with Gasteiger partial charge in [0, 0.05) is 18.2 Å². The lowest BCUT2D eigenvalue weighted by atomic mass is 9.80. The molecule has 0 bridgehead atoms. The summed E-state index contributed by atoms with van der Waals surface area (Å²) in [7, 11) is 1.57. The standard InChI is InChI=1S/C29H34F3N3O3/c1-4-5-16-28(2,38)22(17-18-10-11-18)26(36)34-25-27(37)35(3)23-9-7-6-8-21(23)24(33-25)19-12-14-20(15-13-19)29(30,31)32/h6-9,12-15,18,22,25,38H,4-5,10-11,16-17H2,1-3H3,(H,34,36)/t22-,25?,28-/m0/s1. The summed E-state index contributed by atoms with van der Waals surface area (Å²) in [6.07, 6.45) is -1.17. The highest BCUT2D eigenvalue weighted by Crippen LogP contribution is 2.40. The molecule has 2 amide bonds. The van der Waals surface area contributed by atoms with Crippen LogP contribution in [0.5, 0.6) is 0 Å². The van der Waals surface area contributed by atoms with Crippen molar-refractivity contribution in [3.05, 3.63) is 65.2 Å². The van der Waals surface area contributed by atoms with Crippen LogP contribution < -0.4 is 10.2 Å². The van der Waals surface area contributed by atoms with E-state index in [4.69, 9.17) is 0 Å². The number of carbonyl (C=O) groups is 2. The van der Waals surface area contributed by atoms with Crippen LogP contribution in [0.3, 0.4) is 0 Å². The van der Waals surface area contributed by atoms with Crippen LogP contribution in [-0.4, -0.2) is 41.4 Å². The molecule has 38 heavy (non-hydrogen) atoms. The van der Waals surface area contributed by atoms with Gasteiger partial charge in [0.25, 0.3) is 5.91 Å². The number of amides is 2. The maximum atomic E-state index is 13.6. The number of alkyl halides is 3. The van der Waals surface area contributed by atoms with Crippen LogP contribution in [0, 0.1) is 11.8 Å². The Morgan fingerprint density at radius 1 is 1.16 bits per heavy atom. The third-order valence-electron chi connectivity index (χ3n) is 7.48. The van der Waals surface area contributed by atoms with E-state index in [2.05, 4.69) is 10.3 Å². The lowest BCUT2D eigenvalue weighted by molar-refractivity contribution is -0.138. The van der Waals surface area contributed by atoms with Crippen molar-refractivity contribution in [1.29, 1.82) is 0 Å². The Kier molecular flexibility index (Phi) is 7.97. The number of halogens is 3. The van der Waals surface area contributed by atoms with Crippen LogP contribution in [0.1, 0.15) is 69.1 Å². The van der Waals surface area contributed by atoms with Crippen LogP contribution >= 0.6 is 0 Å². The third kappa shape index (κ3) is 6.09. The topological polar surface area (TPSA) is 82.0 Å². The fourth-order valence-corrected chi connectivity index (χ4v) is 4.94. The molecule has 204 valence electrons. The summed E-state index contributed by atoms with van der Waals surface area (Å²) in [4.78, 5) is 33.1. The fraction of sp³-hybridized carbons (Fsp3) is 0.483. The smallest absolute Gasteiger partial charge is 0.389 e. The van der Waals surface area contributed by atoms with Crippen molar-refractivity contribution >= 4 is 23.2 Å². The molecular weight excluding hydrogens is 495 g/mol. The zero-order chi connectivity index (χ0) is 27.7. The number of aliphatic hydroxyl groups is 1. The van der Waals surface area contributed by atoms with Crippen LogP contribution in [0.4, 0.5) is 18.9 Å². The molecule has 0 saturated heterocycles. The summed E-state index contributed by atoms with van der Waals surface area (Å²) in [6, 6.07) is 11.6. The van der Waals surface area contributed by atoms with Crippen molar-refractivity contribution in [2.45, 2.75) is 70.3 Å². The summed E-state index contributed by atoms with van der Waals surface area (Å²) in [5.41, 5.74) is -0.266. The van der Waals surface area contributed by atoms with Gasteiger partial charge in [-0.1, -0.05) is 62.9 Å². The SMILES string of the molecule is CCCC[C@](C)(O)[C@@H](CC1CC1)C(=O)NC1N=C(c2ccc(C(F)(F)F)cc2)c2ccccc2N(C)C1=O. The number of benzodiazepines with no additional fused rings is 1. The molecule has 3 atom stereocenters. The number of aliphatic imine (C=N–C) groups is 1. The van der Waals surface area contributed by atoms with Crippen LogP contribution in [0.2, 0.25) is 0 Å². The van der Waals surface area contributed by atoms with Crippen LogP contribution in [0.15, 0.2) is 53.5 Å². The van der Waals surface area contributed by atoms with E-state index >= 15 is 0 Å². The number of para-hydroxylation sites is 1. The van der Waals surface area contributed by atoms with E-state index in [1.165, 1.54) is 17.0 Å². The minimum absolute atomic E-state index is 0.300. The van der Waals surface area contributed by atoms with Gasteiger partial charge in [0.2, 0.25) is 12.1 Å². The average Bonchev–Trinajstić information content (AvgIpc) is 3.72. The number of rotatable bonds is 9. The van der Waals surface area contributed by atoms with Gasteiger partial charge in [-0.05, 0) is 43.9 Å². The molecule has 2 N–H and O–H groups in total. The average molecular weight is 530 g/mol. The lowest BCUT2D eigenvalue weighted by Gasteiger charge is -2.33. The van der Waals surface area contributed by atoms with Crippen LogP contribution in [-0.2, 0) is 15.8 Å². The molecule has 2 aliphatic rings. The van der Waals surface area contributed by atoms with E-state index in [9.17, 15) is 27.9 Å². The number of nitrogens with one attached hydrogen (secondary N) is 1. The second kappa shape index (κ2) is 10.9. The van der Waals surface area contributed by atoms with Gasteiger partial charge in [0.15, 0.2) is 0 Å². The molecule has 1 unspecified atom stereocenters. The number of anilines is 1. The molecular formula is C29H34F3N3O3. The van der Waals surface area contributed by atoms with Crippen molar-refractivity contribution in [2.24, 2.45) is 16.8 Å². The largest absolute Gasteiger partial charge is 0.416 e. The van der Waals surface area contributed by atoms with Crippen molar-refractivity contribution < 1.29 is 27.9 Å². The molecule has 0 spiro atoms. The first-order valence-electron chi connectivity index (χ1n) is 13.1. The van der Waals surface area contributed by atoms with E-state index in [-0.39, 0.29) is 0 Å². The van der Waals surface area contributed by atoms with Gasteiger partial charge in [-0.25, -0.2) is 4.99 Å². The van der Waals surface area contributed by atoms with Gasteiger partial charge in [0.1, 0.15) is 0 Å². The van der Waals surface area contributed by atoms with Crippen molar-refractivity contribution in [3.8, 4) is 0 Å². The van der Waals surface area contributed by atoms with Gasteiger partial charge in [-0.3, -0.25) is 9.59 Å². The summed E-state index contributed by atoms with van der Waals surface area (Å²) in [5.74, 6) is -1.28. The molecule has 2 aromatic rings. The summed E-state index contributed by atoms with van der Waals surface area (Å²) < 4.78 is 39.5. The fourth-order valence-electron chi connectivity index (χ4n) is 4.94. The number of nitrogens with zero attached hydrogens (tertiary/aromatic N) is 2. The number of unbranched alkanes of at least 4 members (excludes halogenated alkanes) is 1. The van der Waals surface area contributed by atoms with Crippen LogP contribution in [0.25, 0.3) is 0 Å². The monoisotopic (exact) mass is 529 g/mol. The molecule has 1 saturated carbocycles. The lowest BCUT2D eigenvalue weighted by Crippen LogP contribution is -2.52. The number of hydrogen-bond acceptors (Lipinski definition) is 4. The Balaban J connectivity index is 1.71. The Morgan fingerprint density at radius 3 is 2.42 bits per heavy atom. The molecule has 9 heteroatoms. The Bertz CT molecular complexity index is 1200. The van der Waals surface area contributed by atoms with Crippen molar-refractivity contribution in [2.75, 3.05) is 11.9 Å². The van der Waals surface area contributed by atoms with E-state index < -0.39 is 41.2 Å². The van der Waals surface area contributed by atoms with Gasteiger partial charge in [-0.2, -0.15) is 13.2 Å². The first-order valence-corrected chi connectivity index (χ1v) is 13.1. The highest BCUT2D eigenvalue weighted by Gasteiger charge is 2.42. The zero-order valence-corrected chi connectivity index (χ0v) is 21.9. The molecule has 1 fully saturated rings. The normalized spacial score (nSPS) is 20.2. The Hall–Kier alpha value is -3.20. The number of carbonyl (C=O) groups excluding carboxylic acids is 2. The molecule has 2 aromatic carbocycles. The third-order valence-corrected chi connectivity index (χ3v) is 7.48. The predicted molar refractivity (Wildman–Crippen MR) is 140 cm³/mol. The van der Waals surface area contributed by atoms with Crippen molar-refractivity contribution in [1.82, 2.24) is 5.32 Å². The Labute approximate surface area is 220 Å². The number of hydrogen-bond donors (Lipinski definition) is 2. The summed E-state index contributed by atoms with van der Waals surface area (Å²) in [6.45, 7) is 3.68. The molecule has 1 heterocycles. The molecule has 6 nitrogen and oxygen atoms in total. The molecule has 0 radical (unpaired) electrons. The number of likely N-dealkylation sites (N-methyl/N-ethyl adjacent to an activating group) is 1. The molecule has 1 aliphatic heterocycles. The van der Waals surface area contributed by atoms with Gasteiger partial charge >= 0.3 is 6.18 Å². The minimum Gasteiger partial charge on any atom is -0.389 e. The first kappa shape index (κ1) is 27.8. The number of fused-ring (bicyclic) bond motifs is 1. The highest BCUT2D eigenvalue weighted by atomic mass is 19.4. The van der Waals surface area contributed by atoms with Gasteiger partial charge < -0.3 is 15.3 Å². The predicted octanol–water partition coefficient (Wildman–Crippen LogP) is 5.32. The molecule has 4 rings (SSSR count). The second-order valence-electron chi connectivity index (χ2n) is 10.6. The number of benzene rings is 2. The van der Waals surface area contributed by atoms with E-state index in [0.717, 1.165) is 37.8 Å². The van der Waals surface area contributed by atoms with E-state index in [1.54, 1.807) is 38.2 Å². The summed E-state index contributed by atoms with van der Waals surface area (Å²) >= 11 is 0. The Morgan fingerprint density at radius 2 is 1.82 bits per heavy atom. The van der Waals surface area contributed by atoms with Crippen molar-refractivity contribution in [3.63, 3.8) is 0 Å². The zero-order valence-electron chi connectivity index (χ0n) is 21.9. The molecule has 1 aliphatic carbocycles. The minimum atomic E-state index is -4.49. The highest BCUT2D eigenvalue weighted by molar-refractivity contribution is 6.20. The van der Waals surface area contributed by atoms with Gasteiger partial charge in [-0.15, -0.1) is 0 Å². The van der Waals surface area contributed by atoms with E-state index in [1.807, 2.05) is 6.92 Å². The molecule has 0 aromatic heterocycles. The maximum Gasteiger partial charge on any atom is 0.416 e. The summed E-state index contributed by atoms with van der Waals surface area (Å²) in [5, 5.41) is 14.0. The van der Waals surface area contributed by atoms with Gasteiger partial charge in [0.05, 0.1) is 28.5 Å². The van der Waals surface area contributed by atoms with E-state index in [0.29, 0.717) is 41.3 Å². The maximum absolute atomic E-state index is 13.6. The quantitative estimate of drug-likeness (QED) is 0.461.